The summed E-state index contributed by atoms with van der Waals surface area (Å²) in [7, 11) is 0. The molecule has 1 unspecified atom stereocenters. The van der Waals surface area contributed by atoms with Crippen LogP contribution in [0.5, 0.6) is 0 Å². The van der Waals surface area contributed by atoms with E-state index in [1.165, 1.54) is 17.8 Å². The first-order valence-corrected chi connectivity index (χ1v) is 8.40. The van der Waals surface area contributed by atoms with Crippen LogP contribution < -0.4 is 0 Å². The largest absolute Gasteiger partial charge is 0.342 e. The first-order valence-electron chi connectivity index (χ1n) is 7.52. The molecule has 23 heavy (non-hydrogen) atoms. The lowest BCUT2D eigenvalue weighted by atomic mass is 10.1. The summed E-state index contributed by atoms with van der Waals surface area (Å²) in [5, 5.41) is -0.485. The summed E-state index contributed by atoms with van der Waals surface area (Å²) in [6.07, 6.45) is 0. The maximum absolute atomic E-state index is 13.4. The second kappa shape index (κ2) is 8.11. The highest BCUT2D eigenvalue weighted by Gasteiger charge is 2.25. The Bertz CT molecular complexity index is 659. The Kier molecular flexibility index (Phi) is 6.16. The van der Waals surface area contributed by atoms with Crippen molar-refractivity contribution in [2.24, 2.45) is 0 Å². The highest BCUT2D eigenvalue weighted by atomic mass is 32.2. The first kappa shape index (κ1) is 17.5. The lowest BCUT2D eigenvalue weighted by molar-refractivity contribution is -0.130. The fraction of sp³-hybridized carbons (Fsp3) is 0.278. The highest BCUT2D eigenvalue weighted by molar-refractivity contribution is 8.00. The number of likely N-dealkylation sites (N-methyl/N-ethyl adjacent to an activating group) is 1. The van der Waals surface area contributed by atoms with Crippen LogP contribution >= 0.6 is 11.8 Å². The van der Waals surface area contributed by atoms with Crippen LogP contribution in [0, 0.1) is 11.6 Å². The van der Waals surface area contributed by atoms with E-state index < -0.39 is 16.9 Å². The van der Waals surface area contributed by atoms with E-state index in [9.17, 15) is 13.6 Å². The molecule has 2 aromatic carbocycles. The van der Waals surface area contributed by atoms with E-state index in [2.05, 4.69) is 0 Å². The quantitative estimate of drug-likeness (QED) is 0.715. The van der Waals surface area contributed by atoms with Crippen molar-refractivity contribution < 1.29 is 13.6 Å². The van der Waals surface area contributed by atoms with E-state index in [0.29, 0.717) is 18.0 Å². The van der Waals surface area contributed by atoms with E-state index >= 15 is 0 Å². The second-order valence-corrected chi connectivity index (χ2v) is 6.17. The van der Waals surface area contributed by atoms with Crippen molar-refractivity contribution in [1.29, 1.82) is 0 Å². The topological polar surface area (TPSA) is 20.3 Å². The van der Waals surface area contributed by atoms with E-state index in [4.69, 9.17) is 0 Å². The second-order valence-electron chi connectivity index (χ2n) is 5.00. The lowest BCUT2D eigenvalue weighted by Crippen LogP contribution is -2.33. The Morgan fingerprint density at radius 2 is 1.70 bits per heavy atom. The summed E-state index contributed by atoms with van der Waals surface area (Å²) >= 11 is 1.23. The zero-order chi connectivity index (χ0) is 16.8. The van der Waals surface area contributed by atoms with Crippen LogP contribution in [0.2, 0.25) is 0 Å². The highest BCUT2D eigenvalue weighted by Crippen LogP contribution is 2.37. The van der Waals surface area contributed by atoms with E-state index in [1.807, 2.05) is 44.2 Å². The molecule has 2 nitrogen and oxygen atoms in total. The molecule has 0 aliphatic rings. The third-order valence-electron chi connectivity index (χ3n) is 3.55. The minimum Gasteiger partial charge on any atom is -0.342 e. The van der Waals surface area contributed by atoms with E-state index in [-0.39, 0.29) is 5.91 Å². The predicted octanol–water partition coefficient (Wildman–Crippen LogP) is 4.67. The number of hydrogen-bond donors (Lipinski definition) is 0. The number of halogens is 2. The molecule has 0 saturated heterocycles. The Balaban J connectivity index is 2.33. The zero-order valence-corrected chi connectivity index (χ0v) is 13.9. The van der Waals surface area contributed by atoms with Gasteiger partial charge >= 0.3 is 0 Å². The average Bonchev–Trinajstić information content (AvgIpc) is 2.57. The van der Waals surface area contributed by atoms with Crippen molar-refractivity contribution >= 4 is 17.7 Å². The van der Waals surface area contributed by atoms with Gasteiger partial charge in [-0.15, -0.1) is 11.8 Å². The molecule has 0 heterocycles. The van der Waals surface area contributed by atoms with Gasteiger partial charge in [-0.3, -0.25) is 4.79 Å². The third-order valence-corrected chi connectivity index (χ3v) is 4.78. The smallest absolute Gasteiger partial charge is 0.240 e. The van der Waals surface area contributed by atoms with Crippen molar-refractivity contribution in [2.75, 3.05) is 13.1 Å². The Hall–Kier alpha value is -1.88. The average molecular weight is 335 g/mol. The zero-order valence-electron chi connectivity index (χ0n) is 13.1. The molecule has 0 aliphatic carbocycles. The standard InChI is InChI=1S/C18H19F2NOS/c1-3-21(4-2)18(22)17(13-8-6-5-7-9-13)23-14-10-11-15(19)16(20)12-14/h5-12,17H,3-4H2,1-2H3. The summed E-state index contributed by atoms with van der Waals surface area (Å²) in [4.78, 5) is 15.1. The molecule has 0 fully saturated rings. The molecule has 0 saturated carbocycles. The Labute approximate surface area is 139 Å². The van der Waals surface area contributed by atoms with Gasteiger partial charge in [-0.1, -0.05) is 30.3 Å². The van der Waals surface area contributed by atoms with Crippen LogP contribution in [-0.4, -0.2) is 23.9 Å². The number of carbonyl (C=O) groups is 1. The monoisotopic (exact) mass is 335 g/mol. The van der Waals surface area contributed by atoms with Crippen molar-refractivity contribution in [3.8, 4) is 0 Å². The van der Waals surface area contributed by atoms with Gasteiger partial charge in [-0.2, -0.15) is 0 Å². The first-order chi connectivity index (χ1) is 11.1. The van der Waals surface area contributed by atoms with Crippen LogP contribution in [0.3, 0.4) is 0 Å². The number of amides is 1. The van der Waals surface area contributed by atoms with Crippen molar-refractivity contribution in [2.45, 2.75) is 24.0 Å². The number of carbonyl (C=O) groups excluding carboxylic acids is 1. The molecular weight excluding hydrogens is 316 g/mol. The minimum atomic E-state index is -0.905. The molecule has 2 aromatic rings. The molecule has 0 bridgehead atoms. The van der Waals surface area contributed by atoms with Gasteiger partial charge in [0.05, 0.1) is 0 Å². The van der Waals surface area contributed by atoms with Crippen molar-refractivity contribution in [3.05, 3.63) is 65.7 Å². The summed E-state index contributed by atoms with van der Waals surface area (Å²) in [5.41, 5.74) is 0.846. The molecule has 1 atom stereocenters. The molecule has 0 aliphatic heterocycles. The van der Waals surface area contributed by atoms with Gasteiger partial charge in [0.1, 0.15) is 5.25 Å². The van der Waals surface area contributed by atoms with Crippen LogP contribution in [-0.2, 0) is 4.79 Å². The minimum absolute atomic E-state index is 0.0315. The molecule has 5 heteroatoms. The number of benzene rings is 2. The van der Waals surface area contributed by atoms with Gasteiger partial charge in [0, 0.05) is 18.0 Å². The molecule has 0 N–H and O–H groups in total. The summed E-state index contributed by atoms with van der Waals surface area (Å²) in [6, 6.07) is 13.1. The normalized spacial score (nSPS) is 12.0. The van der Waals surface area contributed by atoms with Crippen LogP contribution in [0.15, 0.2) is 53.4 Å². The molecule has 0 spiro atoms. The van der Waals surface area contributed by atoms with Crippen LogP contribution in [0.1, 0.15) is 24.7 Å². The molecule has 0 radical (unpaired) electrons. The lowest BCUT2D eigenvalue weighted by Gasteiger charge is -2.25. The van der Waals surface area contributed by atoms with Crippen molar-refractivity contribution in [3.63, 3.8) is 0 Å². The fourth-order valence-corrected chi connectivity index (χ4v) is 3.41. The third kappa shape index (κ3) is 4.32. The number of thioether (sulfide) groups is 1. The van der Waals surface area contributed by atoms with Gasteiger partial charge in [0.2, 0.25) is 5.91 Å². The predicted molar refractivity (Wildman–Crippen MR) is 89.3 cm³/mol. The van der Waals surface area contributed by atoms with Gasteiger partial charge in [-0.05, 0) is 37.6 Å². The summed E-state index contributed by atoms with van der Waals surface area (Å²) in [5.74, 6) is -1.83. The molecule has 1 amide bonds. The SMILES string of the molecule is CCN(CC)C(=O)C(Sc1ccc(F)c(F)c1)c1ccccc1. The fourth-order valence-electron chi connectivity index (χ4n) is 2.28. The summed E-state index contributed by atoms with van der Waals surface area (Å²) < 4.78 is 26.5. The van der Waals surface area contributed by atoms with Crippen LogP contribution in [0.4, 0.5) is 8.78 Å². The molecule has 2 rings (SSSR count). The molecule has 0 aromatic heterocycles. The Morgan fingerprint density at radius 1 is 1.04 bits per heavy atom. The van der Waals surface area contributed by atoms with Gasteiger partial charge in [-0.25, -0.2) is 8.78 Å². The van der Waals surface area contributed by atoms with Gasteiger partial charge in [0.15, 0.2) is 11.6 Å². The van der Waals surface area contributed by atoms with Gasteiger partial charge in [0.25, 0.3) is 0 Å². The maximum Gasteiger partial charge on any atom is 0.240 e. The maximum atomic E-state index is 13.4. The van der Waals surface area contributed by atoms with Crippen LogP contribution in [0.25, 0.3) is 0 Å². The number of rotatable bonds is 6. The number of hydrogen-bond acceptors (Lipinski definition) is 2. The Morgan fingerprint density at radius 3 is 2.26 bits per heavy atom. The van der Waals surface area contributed by atoms with E-state index in [1.54, 1.807) is 4.90 Å². The molecule has 122 valence electrons. The molecular formula is C18H19F2NOS. The number of nitrogens with zero attached hydrogens (tertiary/aromatic N) is 1. The van der Waals surface area contributed by atoms with Crippen molar-refractivity contribution in [1.82, 2.24) is 4.90 Å². The van der Waals surface area contributed by atoms with E-state index in [0.717, 1.165) is 17.7 Å². The van der Waals surface area contributed by atoms with Gasteiger partial charge < -0.3 is 4.90 Å². The summed E-state index contributed by atoms with van der Waals surface area (Å²) in [6.45, 7) is 5.06.